The molecule has 0 radical (unpaired) electrons. The van der Waals surface area contributed by atoms with E-state index in [0.29, 0.717) is 0 Å². The Morgan fingerprint density at radius 1 is 1.08 bits per heavy atom. The molecule has 0 saturated carbocycles. The summed E-state index contributed by atoms with van der Waals surface area (Å²) in [6.45, 7) is -0.440. The predicted molar refractivity (Wildman–Crippen MR) is 88.3 cm³/mol. The molecule has 2 aromatic rings. The maximum atomic E-state index is 13.4. The lowest BCUT2D eigenvalue weighted by Gasteiger charge is -2.08. The van der Waals surface area contributed by atoms with Crippen molar-refractivity contribution in [2.75, 3.05) is 6.61 Å². The topological polar surface area (TPSA) is 91.2 Å². The predicted octanol–water partition coefficient (Wildman–Crippen LogP) is 2.08. The number of hydrazine groups is 1. The lowest BCUT2D eigenvalue weighted by atomic mass is 10.2. The fourth-order valence-corrected chi connectivity index (χ4v) is 1.87. The highest BCUT2D eigenvalue weighted by Gasteiger charge is 2.08. The molecule has 132 valence electrons. The van der Waals surface area contributed by atoms with Crippen molar-refractivity contribution in [3.05, 3.63) is 71.3 Å². The van der Waals surface area contributed by atoms with Crippen LogP contribution in [0.5, 0.6) is 5.75 Å². The standard InChI is InChI=1S/C18H13F2N3O3/c19-14-5-3-6-15(20)13(14)8-9-17(24)22-23-18(25)11-26-16-7-2-1-4-12(16)10-21/h1-9H,11H2,(H,22,24)(H,23,25). The van der Waals surface area contributed by atoms with Crippen LogP contribution in [0.4, 0.5) is 8.78 Å². The molecule has 6 nitrogen and oxygen atoms in total. The summed E-state index contributed by atoms with van der Waals surface area (Å²) in [6, 6.07) is 11.6. The molecule has 0 aliphatic heterocycles. The normalized spacial score (nSPS) is 10.2. The Morgan fingerprint density at radius 3 is 2.46 bits per heavy atom. The molecule has 0 aromatic heterocycles. The second-order valence-electron chi connectivity index (χ2n) is 4.90. The molecular weight excluding hydrogens is 344 g/mol. The smallest absolute Gasteiger partial charge is 0.276 e. The van der Waals surface area contributed by atoms with Crippen LogP contribution in [-0.4, -0.2) is 18.4 Å². The van der Waals surface area contributed by atoms with Crippen molar-refractivity contribution in [3.8, 4) is 11.8 Å². The van der Waals surface area contributed by atoms with Crippen molar-refractivity contribution in [1.82, 2.24) is 10.9 Å². The first-order valence-electron chi connectivity index (χ1n) is 7.34. The van der Waals surface area contributed by atoms with Gasteiger partial charge in [-0.05, 0) is 30.3 Å². The summed E-state index contributed by atoms with van der Waals surface area (Å²) in [7, 11) is 0. The summed E-state index contributed by atoms with van der Waals surface area (Å²) in [6.07, 6.45) is 1.82. The average Bonchev–Trinajstić information content (AvgIpc) is 2.64. The number of rotatable bonds is 5. The Bertz CT molecular complexity index is 871. The number of hydrogen-bond donors (Lipinski definition) is 2. The van der Waals surface area contributed by atoms with E-state index in [2.05, 4.69) is 5.43 Å². The summed E-state index contributed by atoms with van der Waals surface area (Å²) in [5, 5.41) is 8.90. The molecule has 8 heteroatoms. The molecule has 0 aliphatic rings. The van der Waals surface area contributed by atoms with Crippen LogP contribution in [0.2, 0.25) is 0 Å². The van der Waals surface area contributed by atoms with Crippen LogP contribution in [-0.2, 0) is 9.59 Å². The van der Waals surface area contributed by atoms with Gasteiger partial charge in [-0.15, -0.1) is 0 Å². The van der Waals surface area contributed by atoms with Crippen molar-refractivity contribution >= 4 is 17.9 Å². The largest absolute Gasteiger partial charge is 0.482 e. The van der Waals surface area contributed by atoms with E-state index >= 15 is 0 Å². The number of ether oxygens (including phenoxy) is 1. The summed E-state index contributed by atoms with van der Waals surface area (Å²) in [4.78, 5) is 23.2. The molecule has 2 N–H and O–H groups in total. The monoisotopic (exact) mass is 357 g/mol. The van der Waals surface area contributed by atoms with E-state index in [0.717, 1.165) is 24.3 Å². The Hall–Kier alpha value is -3.73. The van der Waals surface area contributed by atoms with Gasteiger partial charge in [0.05, 0.1) is 5.56 Å². The Morgan fingerprint density at radius 2 is 1.77 bits per heavy atom. The number of para-hydroxylation sites is 1. The fourth-order valence-electron chi connectivity index (χ4n) is 1.87. The van der Waals surface area contributed by atoms with Gasteiger partial charge in [0.1, 0.15) is 23.5 Å². The number of carbonyl (C=O) groups excluding carboxylic acids is 2. The van der Waals surface area contributed by atoms with E-state index in [1.54, 1.807) is 12.1 Å². The number of hydrogen-bond acceptors (Lipinski definition) is 4. The number of nitrogens with one attached hydrogen (secondary N) is 2. The molecule has 0 bridgehead atoms. The Kier molecular flexibility index (Phi) is 6.40. The number of nitriles is 1. The molecule has 0 heterocycles. The van der Waals surface area contributed by atoms with Crippen molar-refractivity contribution < 1.29 is 23.1 Å². The number of halogens is 2. The molecule has 0 unspecified atom stereocenters. The summed E-state index contributed by atoms with van der Waals surface area (Å²) in [5.41, 5.74) is 4.00. The van der Waals surface area contributed by atoms with Crippen molar-refractivity contribution in [3.63, 3.8) is 0 Å². The zero-order valence-electron chi connectivity index (χ0n) is 13.3. The second-order valence-corrected chi connectivity index (χ2v) is 4.90. The van der Waals surface area contributed by atoms with Crippen LogP contribution in [0, 0.1) is 23.0 Å². The van der Waals surface area contributed by atoms with Gasteiger partial charge in [-0.25, -0.2) is 8.78 Å². The Labute approximate surface area is 147 Å². The minimum atomic E-state index is -0.817. The summed E-state index contributed by atoms with van der Waals surface area (Å²) < 4.78 is 32.0. The van der Waals surface area contributed by atoms with Gasteiger partial charge in [0.25, 0.3) is 11.8 Å². The number of benzene rings is 2. The molecule has 26 heavy (non-hydrogen) atoms. The molecule has 0 spiro atoms. The highest BCUT2D eigenvalue weighted by atomic mass is 19.1. The van der Waals surface area contributed by atoms with Gasteiger partial charge in [-0.1, -0.05) is 18.2 Å². The molecule has 2 amide bonds. The third kappa shape index (κ3) is 5.14. The van der Waals surface area contributed by atoms with Gasteiger partial charge in [-0.3, -0.25) is 20.4 Å². The zero-order chi connectivity index (χ0) is 18.9. The minimum Gasteiger partial charge on any atom is -0.482 e. The lowest BCUT2D eigenvalue weighted by molar-refractivity contribution is -0.128. The first-order valence-corrected chi connectivity index (χ1v) is 7.34. The van der Waals surface area contributed by atoms with Gasteiger partial charge >= 0.3 is 0 Å². The van der Waals surface area contributed by atoms with E-state index in [9.17, 15) is 18.4 Å². The maximum absolute atomic E-state index is 13.4. The first kappa shape index (κ1) is 18.6. The van der Waals surface area contributed by atoms with Gasteiger partial charge in [0.15, 0.2) is 6.61 Å². The molecule has 0 atom stereocenters. The quantitative estimate of drug-likeness (QED) is 0.633. The van der Waals surface area contributed by atoms with Crippen molar-refractivity contribution in [2.45, 2.75) is 0 Å². The molecule has 2 rings (SSSR count). The van der Waals surface area contributed by atoms with Crippen LogP contribution in [0.3, 0.4) is 0 Å². The average molecular weight is 357 g/mol. The lowest BCUT2D eigenvalue weighted by Crippen LogP contribution is -2.43. The highest BCUT2D eigenvalue weighted by molar-refractivity contribution is 5.93. The van der Waals surface area contributed by atoms with Gasteiger partial charge < -0.3 is 4.74 Å². The van der Waals surface area contributed by atoms with E-state index in [-0.39, 0.29) is 16.9 Å². The minimum absolute atomic E-state index is 0.228. The SMILES string of the molecule is N#Cc1ccccc1OCC(=O)NNC(=O)C=Cc1c(F)cccc1F. The second kappa shape index (κ2) is 8.94. The van der Waals surface area contributed by atoms with Crippen LogP contribution >= 0.6 is 0 Å². The van der Waals surface area contributed by atoms with Crippen molar-refractivity contribution in [1.29, 1.82) is 5.26 Å². The van der Waals surface area contributed by atoms with Crippen LogP contribution in [0.1, 0.15) is 11.1 Å². The summed E-state index contributed by atoms with van der Waals surface area (Å²) in [5.74, 6) is -2.88. The fraction of sp³-hybridized carbons (Fsp3) is 0.0556. The Balaban J connectivity index is 1.83. The van der Waals surface area contributed by atoms with Gasteiger partial charge in [0, 0.05) is 11.6 Å². The summed E-state index contributed by atoms with van der Waals surface area (Å²) >= 11 is 0. The van der Waals surface area contributed by atoms with Gasteiger partial charge in [0.2, 0.25) is 0 Å². The first-order chi connectivity index (χ1) is 12.5. The number of amides is 2. The van der Waals surface area contributed by atoms with E-state index < -0.39 is 30.1 Å². The zero-order valence-corrected chi connectivity index (χ0v) is 13.3. The van der Waals surface area contributed by atoms with Crippen LogP contribution < -0.4 is 15.6 Å². The van der Waals surface area contributed by atoms with Gasteiger partial charge in [-0.2, -0.15) is 5.26 Å². The number of carbonyl (C=O) groups is 2. The van der Waals surface area contributed by atoms with Crippen LogP contribution in [0.15, 0.2) is 48.5 Å². The van der Waals surface area contributed by atoms with Crippen molar-refractivity contribution in [2.24, 2.45) is 0 Å². The molecule has 0 saturated heterocycles. The molecule has 0 fully saturated rings. The molecule has 0 aliphatic carbocycles. The number of nitrogens with zero attached hydrogens (tertiary/aromatic N) is 1. The van der Waals surface area contributed by atoms with E-state index in [1.807, 2.05) is 11.5 Å². The third-order valence-electron chi connectivity index (χ3n) is 3.09. The van der Waals surface area contributed by atoms with E-state index in [4.69, 9.17) is 10.00 Å². The highest BCUT2D eigenvalue weighted by Crippen LogP contribution is 2.16. The molecule has 2 aromatic carbocycles. The van der Waals surface area contributed by atoms with E-state index in [1.165, 1.54) is 18.2 Å². The van der Waals surface area contributed by atoms with Crippen LogP contribution in [0.25, 0.3) is 6.08 Å². The molecular formula is C18H13F2N3O3. The maximum Gasteiger partial charge on any atom is 0.276 e. The third-order valence-corrected chi connectivity index (χ3v) is 3.09.